The highest BCUT2D eigenvalue weighted by Gasteiger charge is 2.24. The summed E-state index contributed by atoms with van der Waals surface area (Å²) in [6, 6.07) is 5.88. The van der Waals surface area contributed by atoms with Crippen LogP contribution in [0.5, 0.6) is 0 Å². The molecule has 0 heterocycles. The average Bonchev–Trinajstić information content (AvgIpc) is 2.30. The largest absolute Gasteiger partial charge is 0.395 e. The number of benzene rings is 1. The van der Waals surface area contributed by atoms with Crippen LogP contribution in [0.3, 0.4) is 0 Å². The summed E-state index contributed by atoms with van der Waals surface area (Å²) < 4.78 is 26.7. The standard InChI is InChI=1S/C11H16ClNO3S2/c1-8(10(7-14)17-2)13-18(15,16)11-6-4-3-5-9(11)12/h3-6,8,10,13-14H,7H2,1-2H3. The Morgan fingerprint density at radius 1 is 1.44 bits per heavy atom. The Kier molecular flexibility index (Phi) is 5.94. The van der Waals surface area contributed by atoms with Gasteiger partial charge in [0.25, 0.3) is 0 Å². The molecule has 1 aromatic carbocycles. The third-order valence-corrected chi connectivity index (χ3v) is 5.73. The molecule has 4 nitrogen and oxygen atoms in total. The SMILES string of the molecule is CSC(CO)C(C)NS(=O)(=O)c1ccccc1Cl. The van der Waals surface area contributed by atoms with Crippen LogP contribution in [0.1, 0.15) is 6.92 Å². The molecule has 0 bridgehead atoms. The van der Waals surface area contributed by atoms with Crippen molar-refractivity contribution in [1.82, 2.24) is 4.72 Å². The molecule has 0 radical (unpaired) electrons. The lowest BCUT2D eigenvalue weighted by molar-refractivity contribution is 0.282. The van der Waals surface area contributed by atoms with Crippen molar-refractivity contribution in [1.29, 1.82) is 0 Å². The highest BCUT2D eigenvalue weighted by molar-refractivity contribution is 7.99. The van der Waals surface area contributed by atoms with Gasteiger partial charge in [-0.1, -0.05) is 23.7 Å². The third-order valence-electron chi connectivity index (χ3n) is 2.51. The van der Waals surface area contributed by atoms with Gasteiger partial charge in [-0.25, -0.2) is 13.1 Å². The predicted octanol–water partition coefficient (Wildman–Crippen LogP) is 1.73. The van der Waals surface area contributed by atoms with Crippen molar-refractivity contribution in [2.75, 3.05) is 12.9 Å². The Morgan fingerprint density at radius 3 is 2.56 bits per heavy atom. The van der Waals surface area contributed by atoms with Crippen molar-refractivity contribution < 1.29 is 13.5 Å². The summed E-state index contributed by atoms with van der Waals surface area (Å²) in [4.78, 5) is 0.0521. The number of halogens is 1. The van der Waals surface area contributed by atoms with Crippen molar-refractivity contribution in [3.63, 3.8) is 0 Å². The number of aliphatic hydroxyl groups excluding tert-OH is 1. The fourth-order valence-electron chi connectivity index (χ4n) is 1.48. The zero-order valence-electron chi connectivity index (χ0n) is 10.1. The lowest BCUT2D eigenvalue weighted by atomic mass is 10.3. The number of sulfonamides is 1. The van der Waals surface area contributed by atoms with E-state index in [4.69, 9.17) is 16.7 Å². The number of nitrogens with one attached hydrogen (secondary N) is 1. The third kappa shape index (κ3) is 3.86. The second-order valence-electron chi connectivity index (χ2n) is 3.80. The summed E-state index contributed by atoms with van der Waals surface area (Å²) in [6.45, 7) is 1.62. The molecule has 2 atom stereocenters. The average molecular weight is 310 g/mol. The van der Waals surface area contributed by atoms with Crippen LogP contribution in [0, 0.1) is 0 Å². The fraction of sp³-hybridized carbons (Fsp3) is 0.455. The molecular weight excluding hydrogens is 294 g/mol. The number of aliphatic hydroxyl groups is 1. The molecule has 0 aliphatic heterocycles. The molecule has 1 aromatic rings. The summed E-state index contributed by atoms with van der Waals surface area (Å²) in [5, 5.41) is 9.13. The van der Waals surface area contributed by atoms with Gasteiger partial charge in [-0.15, -0.1) is 0 Å². The Labute approximate surface area is 117 Å². The first-order chi connectivity index (χ1) is 8.42. The maximum atomic E-state index is 12.1. The molecule has 102 valence electrons. The summed E-state index contributed by atoms with van der Waals surface area (Å²) in [6.07, 6.45) is 1.82. The Morgan fingerprint density at radius 2 is 2.06 bits per heavy atom. The number of rotatable bonds is 6. The summed E-state index contributed by atoms with van der Waals surface area (Å²) in [7, 11) is -3.66. The molecule has 0 saturated carbocycles. The molecule has 0 saturated heterocycles. The highest BCUT2D eigenvalue weighted by Crippen LogP contribution is 2.21. The van der Waals surface area contributed by atoms with Gasteiger partial charge in [0.05, 0.1) is 11.6 Å². The van der Waals surface area contributed by atoms with Crippen molar-refractivity contribution in [2.24, 2.45) is 0 Å². The zero-order valence-corrected chi connectivity index (χ0v) is 12.5. The number of hydrogen-bond donors (Lipinski definition) is 2. The first kappa shape index (κ1) is 15.8. The van der Waals surface area contributed by atoms with Crippen LogP contribution in [-0.2, 0) is 10.0 Å². The van der Waals surface area contributed by atoms with E-state index in [1.165, 1.54) is 23.9 Å². The molecule has 0 spiro atoms. The molecule has 2 N–H and O–H groups in total. The summed E-state index contributed by atoms with van der Waals surface area (Å²) >= 11 is 7.27. The Hall–Kier alpha value is -0.270. The summed E-state index contributed by atoms with van der Waals surface area (Å²) in [5.41, 5.74) is 0. The maximum absolute atomic E-state index is 12.1. The van der Waals surface area contributed by atoms with E-state index in [0.717, 1.165) is 0 Å². The molecule has 18 heavy (non-hydrogen) atoms. The van der Waals surface area contributed by atoms with E-state index >= 15 is 0 Å². The summed E-state index contributed by atoms with van der Waals surface area (Å²) in [5.74, 6) is 0. The highest BCUT2D eigenvalue weighted by atomic mass is 35.5. The Balaban J connectivity index is 2.93. The van der Waals surface area contributed by atoms with Gasteiger partial charge >= 0.3 is 0 Å². The first-order valence-corrected chi connectivity index (χ1v) is 8.47. The van der Waals surface area contributed by atoms with Crippen LogP contribution in [0.25, 0.3) is 0 Å². The van der Waals surface area contributed by atoms with E-state index < -0.39 is 10.0 Å². The van der Waals surface area contributed by atoms with Gasteiger partial charge in [0, 0.05) is 11.3 Å². The second kappa shape index (κ2) is 6.77. The first-order valence-electron chi connectivity index (χ1n) is 5.33. The maximum Gasteiger partial charge on any atom is 0.242 e. The molecular formula is C11H16ClNO3S2. The van der Waals surface area contributed by atoms with Crippen LogP contribution in [-0.4, -0.2) is 37.7 Å². The van der Waals surface area contributed by atoms with Crippen LogP contribution in [0.2, 0.25) is 5.02 Å². The topological polar surface area (TPSA) is 66.4 Å². The Bertz CT molecular complexity index is 489. The van der Waals surface area contributed by atoms with Gasteiger partial charge in [0.1, 0.15) is 4.90 Å². The van der Waals surface area contributed by atoms with Crippen molar-refractivity contribution in [2.45, 2.75) is 23.1 Å². The predicted molar refractivity (Wildman–Crippen MR) is 75.6 cm³/mol. The van der Waals surface area contributed by atoms with Gasteiger partial charge in [-0.2, -0.15) is 11.8 Å². The van der Waals surface area contributed by atoms with E-state index in [-0.39, 0.29) is 27.8 Å². The molecule has 0 amide bonds. The van der Waals surface area contributed by atoms with E-state index in [2.05, 4.69) is 4.72 Å². The van der Waals surface area contributed by atoms with Crippen LogP contribution in [0.15, 0.2) is 29.2 Å². The van der Waals surface area contributed by atoms with Gasteiger partial charge in [0.15, 0.2) is 0 Å². The molecule has 2 unspecified atom stereocenters. The zero-order chi connectivity index (χ0) is 13.8. The van der Waals surface area contributed by atoms with Crippen molar-refractivity contribution >= 4 is 33.4 Å². The minimum atomic E-state index is -3.66. The molecule has 0 aliphatic rings. The quantitative estimate of drug-likeness (QED) is 0.840. The van der Waals surface area contributed by atoms with Crippen LogP contribution >= 0.6 is 23.4 Å². The normalized spacial score (nSPS) is 15.3. The molecule has 0 aliphatic carbocycles. The van der Waals surface area contributed by atoms with Gasteiger partial charge in [-0.3, -0.25) is 0 Å². The van der Waals surface area contributed by atoms with Crippen LogP contribution in [0.4, 0.5) is 0 Å². The number of hydrogen-bond acceptors (Lipinski definition) is 4. The van der Waals surface area contributed by atoms with Crippen molar-refractivity contribution in [3.05, 3.63) is 29.3 Å². The van der Waals surface area contributed by atoms with Crippen LogP contribution < -0.4 is 4.72 Å². The van der Waals surface area contributed by atoms with Gasteiger partial charge in [0.2, 0.25) is 10.0 Å². The molecule has 0 aromatic heterocycles. The van der Waals surface area contributed by atoms with Gasteiger partial charge < -0.3 is 5.11 Å². The fourth-order valence-corrected chi connectivity index (χ4v) is 4.00. The lowest BCUT2D eigenvalue weighted by Gasteiger charge is -2.21. The van der Waals surface area contributed by atoms with E-state index in [9.17, 15) is 8.42 Å². The monoisotopic (exact) mass is 309 g/mol. The minimum absolute atomic E-state index is 0.0521. The van der Waals surface area contributed by atoms with Crippen molar-refractivity contribution in [3.8, 4) is 0 Å². The molecule has 0 fully saturated rings. The second-order valence-corrected chi connectivity index (χ2v) is 6.96. The number of thioether (sulfide) groups is 1. The molecule has 7 heteroatoms. The lowest BCUT2D eigenvalue weighted by Crippen LogP contribution is -2.41. The van der Waals surface area contributed by atoms with E-state index in [1.54, 1.807) is 19.1 Å². The minimum Gasteiger partial charge on any atom is -0.395 e. The smallest absolute Gasteiger partial charge is 0.242 e. The van der Waals surface area contributed by atoms with E-state index in [1.807, 2.05) is 6.26 Å². The van der Waals surface area contributed by atoms with E-state index in [0.29, 0.717) is 0 Å². The molecule has 1 rings (SSSR count). The van der Waals surface area contributed by atoms with Gasteiger partial charge in [-0.05, 0) is 25.3 Å².